The van der Waals surface area contributed by atoms with Gasteiger partial charge in [-0.3, -0.25) is 4.79 Å². The highest BCUT2D eigenvalue weighted by atomic mass is 35.5. The number of hydrogen-bond acceptors (Lipinski definition) is 5. The number of carbonyl (C=O) groups excluding carboxylic acids is 1. The molecule has 2 aromatic rings. The van der Waals surface area contributed by atoms with Crippen molar-refractivity contribution >= 4 is 42.1 Å². The largest absolute Gasteiger partial charge is 0.343 e. The molecule has 23 heavy (non-hydrogen) atoms. The van der Waals surface area contributed by atoms with Crippen molar-refractivity contribution in [2.75, 3.05) is 6.54 Å². The molecule has 0 aliphatic carbocycles. The van der Waals surface area contributed by atoms with Crippen LogP contribution in [-0.4, -0.2) is 27.0 Å². The molecule has 0 aliphatic rings. The van der Waals surface area contributed by atoms with Gasteiger partial charge >= 0.3 is 0 Å². The minimum absolute atomic E-state index is 0. The second-order valence-corrected chi connectivity index (χ2v) is 6.18. The Balaban J connectivity index is 0.00000242. The zero-order valence-corrected chi connectivity index (χ0v) is 15.6. The molecule has 0 saturated heterocycles. The van der Waals surface area contributed by atoms with E-state index in [4.69, 9.17) is 5.73 Å². The van der Waals surface area contributed by atoms with Gasteiger partial charge < -0.3 is 15.6 Å². The smallest absolute Gasteiger partial charge is 0.271 e. The summed E-state index contributed by atoms with van der Waals surface area (Å²) >= 11 is 1.46. The van der Waals surface area contributed by atoms with Gasteiger partial charge in [-0.25, -0.2) is 9.97 Å². The number of halogens is 2. The summed E-state index contributed by atoms with van der Waals surface area (Å²) in [6, 6.07) is 0. The summed E-state index contributed by atoms with van der Waals surface area (Å²) < 4.78 is 2.06. The highest BCUT2D eigenvalue weighted by molar-refractivity contribution is 7.09. The number of hydrogen-bond donors (Lipinski definition) is 2. The molecule has 0 bridgehead atoms. The van der Waals surface area contributed by atoms with Crippen LogP contribution in [0.3, 0.4) is 0 Å². The Morgan fingerprint density at radius 2 is 2.17 bits per heavy atom. The Labute approximate surface area is 152 Å². The van der Waals surface area contributed by atoms with Crippen molar-refractivity contribution in [1.29, 1.82) is 0 Å². The van der Waals surface area contributed by atoms with Gasteiger partial charge in [-0.15, -0.1) is 36.2 Å². The number of carbonyl (C=O) groups is 1. The SMILES string of the molecule is CC(C)Cn1ccnc1CNC(=O)c1csc(CCN)n1.Cl.Cl. The fourth-order valence-electron chi connectivity index (χ4n) is 1.97. The third-order valence-corrected chi connectivity index (χ3v) is 3.82. The highest BCUT2D eigenvalue weighted by Gasteiger charge is 2.12. The first-order valence-corrected chi connectivity index (χ1v) is 7.90. The van der Waals surface area contributed by atoms with Crippen LogP contribution >= 0.6 is 36.2 Å². The molecular formula is C14H23Cl2N5OS. The van der Waals surface area contributed by atoms with E-state index < -0.39 is 0 Å². The summed E-state index contributed by atoms with van der Waals surface area (Å²) in [5, 5.41) is 5.52. The van der Waals surface area contributed by atoms with E-state index in [1.807, 2.05) is 6.20 Å². The van der Waals surface area contributed by atoms with Crippen LogP contribution in [0.15, 0.2) is 17.8 Å². The standard InChI is InChI=1S/C14H21N5OS.2ClH/c1-10(2)8-19-6-5-16-12(19)7-17-14(20)11-9-21-13(18-11)3-4-15;;/h5-6,9-10H,3-4,7-8,15H2,1-2H3,(H,17,20);2*1H. The molecule has 130 valence electrons. The topological polar surface area (TPSA) is 85.8 Å². The van der Waals surface area contributed by atoms with Crippen molar-refractivity contribution < 1.29 is 4.79 Å². The molecule has 0 aromatic carbocycles. The van der Waals surface area contributed by atoms with Gasteiger partial charge in [-0.2, -0.15) is 0 Å². The molecule has 6 nitrogen and oxygen atoms in total. The lowest BCUT2D eigenvalue weighted by Crippen LogP contribution is -2.25. The van der Waals surface area contributed by atoms with E-state index in [2.05, 4.69) is 33.7 Å². The minimum atomic E-state index is -0.173. The fraction of sp³-hybridized carbons (Fsp3) is 0.500. The van der Waals surface area contributed by atoms with E-state index in [1.54, 1.807) is 11.6 Å². The number of nitrogens with zero attached hydrogens (tertiary/aromatic N) is 3. The van der Waals surface area contributed by atoms with Crippen molar-refractivity contribution in [3.8, 4) is 0 Å². The summed E-state index contributed by atoms with van der Waals surface area (Å²) in [5.74, 6) is 1.22. The summed E-state index contributed by atoms with van der Waals surface area (Å²) in [5.41, 5.74) is 5.93. The van der Waals surface area contributed by atoms with Crippen LogP contribution in [-0.2, 0) is 19.5 Å². The number of nitrogens with one attached hydrogen (secondary N) is 1. The van der Waals surface area contributed by atoms with Crippen molar-refractivity contribution in [2.24, 2.45) is 11.7 Å². The maximum Gasteiger partial charge on any atom is 0.271 e. The summed E-state index contributed by atoms with van der Waals surface area (Å²) in [6.45, 7) is 6.14. The Morgan fingerprint density at radius 1 is 1.43 bits per heavy atom. The normalized spacial score (nSPS) is 10.1. The molecule has 9 heteroatoms. The first-order chi connectivity index (χ1) is 10.1. The van der Waals surface area contributed by atoms with Gasteiger partial charge in [0, 0.05) is 30.7 Å². The molecule has 1 amide bonds. The predicted octanol–water partition coefficient (Wildman–Crippen LogP) is 2.27. The van der Waals surface area contributed by atoms with Crippen LogP contribution in [0.1, 0.15) is 35.2 Å². The average Bonchev–Trinajstić information content (AvgIpc) is 3.05. The Hall–Kier alpha value is -1.15. The van der Waals surface area contributed by atoms with E-state index in [0.29, 0.717) is 31.1 Å². The predicted molar refractivity (Wildman–Crippen MR) is 97.6 cm³/mol. The second kappa shape index (κ2) is 10.6. The molecule has 2 aromatic heterocycles. The highest BCUT2D eigenvalue weighted by Crippen LogP contribution is 2.10. The lowest BCUT2D eigenvalue weighted by atomic mass is 10.2. The molecule has 0 saturated carbocycles. The van der Waals surface area contributed by atoms with Gasteiger partial charge in [0.2, 0.25) is 0 Å². The second-order valence-electron chi connectivity index (χ2n) is 5.24. The van der Waals surface area contributed by atoms with Crippen molar-refractivity contribution in [2.45, 2.75) is 33.4 Å². The number of imidazole rings is 1. The lowest BCUT2D eigenvalue weighted by Gasteiger charge is -2.10. The van der Waals surface area contributed by atoms with Crippen molar-refractivity contribution in [1.82, 2.24) is 19.9 Å². The van der Waals surface area contributed by atoms with E-state index in [-0.39, 0.29) is 30.7 Å². The maximum absolute atomic E-state index is 12.1. The van der Waals surface area contributed by atoms with Gasteiger partial charge in [0.25, 0.3) is 5.91 Å². The summed E-state index contributed by atoms with van der Waals surface area (Å²) in [7, 11) is 0. The molecule has 0 fully saturated rings. The lowest BCUT2D eigenvalue weighted by molar-refractivity contribution is 0.0945. The number of amides is 1. The van der Waals surface area contributed by atoms with Crippen LogP contribution in [0, 0.1) is 5.92 Å². The van der Waals surface area contributed by atoms with Gasteiger partial charge in [0.1, 0.15) is 11.5 Å². The zero-order valence-electron chi connectivity index (χ0n) is 13.2. The van der Waals surface area contributed by atoms with E-state index in [9.17, 15) is 4.79 Å². The first-order valence-electron chi connectivity index (χ1n) is 7.02. The van der Waals surface area contributed by atoms with Crippen LogP contribution in [0.5, 0.6) is 0 Å². The Bertz CT molecular complexity index is 600. The van der Waals surface area contributed by atoms with Crippen molar-refractivity contribution in [3.05, 3.63) is 34.3 Å². The summed E-state index contributed by atoms with van der Waals surface area (Å²) in [6.07, 6.45) is 4.40. The Kier molecular flexibility index (Phi) is 10.1. The molecule has 0 atom stereocenters. The van der Waals surface area contributed by atoms with Gasteiger partial charge in [-0.1, -0.05) is 13.8 Å². The van der Waals surface area contributed by atoms with E-state index in [0.717, 1.165) is 17.4 Å². The van der Waals surface area contributed by atoms with Crippen LogP contribution in [0.2, 0.25) is 0 Å². The van der Waals surface area contributed by atoms with Crippen molar-refractivity contribution in [3.63, 3.8) is 0 Å². The van der Waals surface area contributed by atoms with E-state index >= 15 is 0 Å². The monoisotopic (exact) mass is 379 g/mol. The number of rotatable bonds is 7. The van der Waals surface area contributed by atoms with Gasteiger partial charge in [-0.05, 0) is 12.5 Å². The average molecular weight is 380 g/mol. The molecule has 3 N–H and O–H groups in total. The first kappa shape index (κ1) is 21.9. The molecule has 0 aliphatic heterocycles. The zero-order chi connectivity index (χ0) is 15.2. The quantitative estimate of drug-likeness (QED) is 0.772. The van der Waals surface area contributed by atoms with Crippen LogP contribution < -0.4 is 11.1 Å². The fourth-order valence-corrected chi connectivity index (χ4v) is 2.76. The third kappa shape index (κ3) is 6.47. The van der Waals surface area contributed by atoms with Gasteiger partial charge in [0.15, 0.2) is 0 Å². The molecule has 2 heterocycles. The molecule has 0 radical (unpaired) electrons. The van der Waals surface area contributed by atoms with Gasteiger partial charge in [0.05, 0.1) is 11.6 Å². The maximum atomic E-state index is 12.1. The van der Waals surface area contributed by atoms with Crippen LogP contribution in [0.25, 0.3) is 0 Å². The number of aromatic nitrogens is 3. The third-order valence-electron chi connectivity index (χ3n) is 2.91. The summed E-state index contributed by atoms with van der Waals surface area (Å²) in [4.78, 5) is 20.6. The molecule has 2 rings (SSSR count). The number of thiazole rings is 1. The molecular weight excluding hydrogens is 357 g/mol. The van der Waals surface area contributed by atoms with E-state index in [1.165, 1.54) is 11.3 Å². The van der Waals surface area contributed by atoms with Crippen LogP contribution in [0.4, 0.5) is 0 Å². The molecule has 0 unspecified atom stereocenters. The minimum Gasteiger partial charge on any atom is -0.343 e. The number of nitrogens with two attached hydrogens (primary N) is 1. The molecule has 0 spiro atoms. The Morgan fingerprint density at radius 3 is 2.83 bits per heavy atom.